The van der Waals surface area contributed by atoms with Crippen molar-refractivity contribution in [3.63, 3.8) is 0 Å². The highest BCUT2D eigenvalue weighted by molar-refractivity contribution is 5.74. The largest absolute Gasteiger partial charge is 0.351 e. The van der Waals surface area contributed by atoms with Gasteiger partial charge in [0.25, 0.3) is 0 Å². The minimum absolute atomic E-state index is 0.00361. The van der Waals surface area contributed by atoms with E-state index in [9.17, 15) is 9.18 Å². The van der Waals surface area contributed by atoms with Gasteiger partial charge in [-0.2, -0.15) is 0 Å². The Hall–Kier alpha value is -1.38. The lowest BCUT2D eigenvalue weighted by Gasteiger charge is -2.42. The van der Waals surface area contributed by atoms with Crippen LogP contribution in [0.2, 0.25) is 0 Å². The molecule has 2 nitrogen and oxygen atoms in total. The molecule has 0 aromatic heterocycles. The third-order valence-corrected chi connectivity index (χ3v) is 3.18. The van der Waals surface area contributed by atoms with Crippen LogP contribution in [0.1, 0.15) is 31.7 Å². The fourth-order valence-electron chi connectivity index (χ4n) is 2.36. The summed E-state index contributed by atoms with van der Waals surface area (Å²) in [5.41, 5.74) is 0.827. The van der Waals surface area contributed by atoms with E-state index < -0.39 is 0 Å². The van der Waals surface area contributed by atoms with Crippen molar-refractivity contribution in [2.75, 3.05) is 0 Å². The van der Waals surface area contributed by atoms with Crippen LogP contribution in [-0.2, 0) is 11.2 Å². The van der Waals surface area contributed by atoms with Gasteiger partial charge in [0, 0.05) is 12.5 Å². The summed E-state index contributed by atoms with van der Waals surface area (Å²) < 4.78 is 13.0. The molecule has 16 heavy (non-hydrogen) atoms. The van der Waals surface area contributed by atoms with E-state index in [0.29, 0.717) is 0 Å². The van der Waals surface area contributed by atoms with Crippen molar-refractivity contribution in [3.05, 3.63) is 35.6 Å². The van der Waals surface area contributed by atoms with Gasteiger partial charge in [0.05, 0.1) is 0 Å². The first-order valence-electron chi connectivity index (χ1n) is 5.63. The van der Waals surface area contributed by atoms with Crippen LogP contribution in [0.4, 0.5) is 4.39 Å². The van der Waals surface area contributed by atoms with Crippen LogP contribution in [-0.4, -0.2) is 11.4 Å². The quantitative estimate of drug-likeness (QED) is 0.834. The topological polar surface area (TPSA) is 29.1 Å². The number of hydrogen-bond acceptors (Lipinski definition) is 1. The van der Waals surface area contributed by atoms with Crippen molar-refractivity contribution in [2.45, 2.75) is 38.1 Å². The summed E-state index contributed by atoms with van der Waals surface area (Å²) in [6, 6.07) is 6.60. The zero-order valence-corrected chi connectivity index (χ0v) is 9.42. The van der Waals surface area contributed by atoms with E-state index in [4.69, 9.17) is 0 Å². The van der Waals surface area contributed by atoms with Gasteiger partial charge >= 0.3 is 0 Å². The van der Waals surface area contributed by atoms with Gasteiger partial charge in [-0.05, 0) is 43.4 Å². The van der Waals surface area contributed by atoms with Gasteiger partial charge in [-0.1, -0.05) is 12.1 Å². The molecule has 0 bridgehead atoms. The molecule has 0 atom stereocenters. The molecule has 1 fully saturated rings. The molecule has 1 aromatic rings. The second-order valence-corrected chi connectivity index (χ2v) is 4.62. The molecule has 0 saturated heterocycles. The molecule has 86 valence electrons. The van der Waals surface area contributed by atoms with Crippen LogP contribution < -0.4 is 5.32 Å². The lowest BCUT2D eigenvalue weighted by molar-refractivity contribution is -0.121. The average Bonchev–Trinajstić information content (AvgIpc) is 2.13. The molecule has 1 N–H and O–H groups in total. The van der Waals surface area contributed by atoms with Crippen LogP contribution >= 0.6 is 0 Å². The Balaban J connectivity index is 2.09. The minimum Gasteiger partial charge on any atom is -0.351 e. The molecular formula is C13H16FNO. The first kappa shape index (κ1) is 11.1. The van der Waals surface area contributed by atoms with Crippen molar-refractivity contribution >= 4 is 5.91 Å². The number of nitrogens with one attached hydrogen (secondary N) is 1. The molecule has 2 rings (SSSR count). The van der Waals surface area contributed by atoms with Gasteiger partial charge in [0.2, 0.25) is 5.91 Å². The summed E-state index contributed by atoms with van der Waals surface area (Å²) in [4.78, 5) is 11.1. The van der Waals surface area contributed by atoms with Crippen molar-refractivity contribution in [2.24, 2.45) is 0 Å². The summed E-state index contributed by atoms with van der Waals surface area (Å²) in [5, 5.41) is 3.00. The zero-order chi connectivity index (χ0) is 11.6. The number of carbonyl (C=O) groups excluding carboxylic acids is 1. The highest BCUT2D eigenvalue weighted by Gasteiger charge is 2.37. The molecule has 0 unspecified atom stereocenters. The molecule has 0 radical (unpaired) electrons. The fraction of sp³-hybridized carbons (Fsp3) is 0.462. The lowest BCUT2D eigenvalue weighted by atomic mass is 9.72. The monoisotopic (exact) mass is 221 g/mol. The molecule has 1 saturated carbocycles. The van der Waals surface area contributed by atoms with Crippen molar-refractivity contribution < 1.29 is 9.18 Å². The average molecular weight is 221 g/mol. The summed E-state index contributed by atoms with van der Waals surface area (Å²) in [7, 11) is 0. The Bertz CT molecular complexity index is 399. The summed E-state index contributed by atoms with van der Waals surface area (Å²) in [6.45, 7) is 1.53. The molecule has 1 amide bonds. The van der Waals surface area contributed by atoms with Crippen LogP contribution in [0, 0.1) is 5.82 Å². The first-order chi connectivity index (χ1) is 7.60. The van der Waals surface area contributed by atoms with Crippen LogP contribution in [0.25, 0.3) is 0 Å². The summed E-state index contributed by atoms with van der Waals surface area (Å²) in [5.74, 6) is -0.217. The Labute approximate surface area is 94.9 Å². The predicted molar refractivity (Wildman–Crippen MR) is 60.5 cm³/mol. The second-order valence-electron chi connectivity index (χ2n) is 4.62. The maximum atomic E-state index is 13.0. The van der Waals surface area contributed by atoms with Gasteiger partial charge in [-0.3, -0.25) is 4.79 Å². The third kappa shape index (κ3) is 2.40. The number of carbonyl (C=O) groups is 1. The molecule has 0 heterocycles. The summed E-state index contributed by atoms with van der Waals surface area (Å²) in [6.07, 6.45) is 3.84. The highest BCUT2D eigenvalue weighted by atomic mass is 19.1. The SMILES string of the molecule is CC(=O)NC1(Cc2cccc(F)c2)CCC1. The number of benzene rings is 1. The molecule has 3 heteroatoms. The van der Waals surface area contributed by atoms with Crippen LogP contribution in [0.15, 0.2) is 24.3 Å². The third-order valence-electron chi connectivity index (χ3n) is 3.18. The number of rotatable bonds is 3. The van der Waals surface area contributed by atoms with E-state index >= 15 is 0 Å². The zero-order valence-electron chi connectivity index (χ0n) is 9.42. The standard InChI is InChI=1S/C13H16FNO/c1-10(16)15-13(6-3-7-13)9-11-4-2-5-12(14)8-11/h2,4-5,8H,3,6-7,9H2,1H3,(H,15,16). The molecule has 1 aliphatic carbocycles. The van der Waals surface area contributed by atoms with E-state index in [1.165, 1.54) is 13.0 Å². The predicted octanol–water partition coefficient (Wildman–Crippen LogP) is 2.43. The number of amides is 1. The van der Waals surface area contributed by atoms with E-state index in [-0.39, 0.29) is 17.3 Å². The Kier molecular flexibility index (Phi) is 2.95. The van der Waals surface area contributed by atoms with Gasteiger partial charge in [0.1, 0.15) is 5.82 Å². The van der Waals surface area contributed by atoms with Crippen molar-refractivity contribution in [1.29, 1.82) is 0 Å². The maximum Gasteiger partial charge on any atom is 0.217 e. The van der Waals surface area contributed by atoms with Crippen LogP contribution in [0.5, 0.6) is 0 Å². The first-order valence-corrected chi connectivity index (χ1v) is 5.63. The van der Waals surface area contributed by atoms with E-state index in [0.717, 1.165) is 31.2 Å². The van der Waals surface area contributed by atoms with Crippen molar-refractivity contribution in [3.8, 4) is 0 Å². The number of hydrogen-bond donors (Lipinski definition) is 1. The van der Waals surface area contributed by atoms with Gasteiger partial charge in [-0.25, -0.2) is 4.39 Å². The molecule has 1 aliphatic rings. The van der Waals surface area contributed by atoms with Gasteiger partial charge in [-0.15, -0.1) is 0 Å². The molecule has 1 aromatic carbocycles. The van der Waals surface area contributed by atoms with E-state index in [2.05, 4.69) is 5.32 Å². The molecular weight excluding hydrogens is 205 g/mol. The Morgan fingerprint density at radius 1 is 1.50 bits per heavy atom. The normalized spacial score (nSPS) is 17.6. The van der Waals surface area contributed by atoms with Gasteiger partial charge in [0.15, 0.2) is 0 Å². The van der Waals surface area contributed by atoms with Crippen LogP contribution in [0.3, 0.4) is 0 Å². The van der Waals surface area contributed by atoms with Crippen molar-refractivity contribution in [1.82, 2.24) is 5.32 Å². The molecule has 0 spiro atoms. The highest BCUT2D eigenvalue weighted by Crippen LogP contribution is 2.35. The Morgan fingerprint density at radius 2 is 2.25 bits per heavy atom. The minimum atomic E-state index is -0.213. The smallest absolute Gasteiger partial charge is 0.217 e. The molecule has 0 aliphatic heterocycles. The second kappa shape index (κ2) is 4.24. The maximum absolute atomic E-state index is 13.0. The number of halogens is 1. The van der Waals surface area contributed by atoms with E-state index in [1.54, 1.807) is 12.1 Å². The Morgan fingerprint density at radius 3 is 2.75 bits per heavy atom. The fourth-order valence-corrected chi connectivity index (χ4v) is 2.36. The van der Waals surface area contributed by atoms with E-state index in [1.807, 2.05) is 6.07 Å². The van der Waals surface area contributed by atoms with Gasteiger partial charge < -0.3 is 5.32 Å². The lowest BCUT2D eigenvalue weighted by Crippen LogP contribution is -2.54. The summed E-state index contributed by atoms with van der Waals surface area (Å²) >= 11 is 0.